The van der Waals surface area contributed by atoms with Crippen LogP contribution in [0.3, 0.4) is 0 Å². The van der Waals surface area contributed by atoms with Crippen molar-refractivity contribution >= 4 is 0 Å². The first-order chi connectivity index (χ1) is 9.88. The number of allylic oxidation sites excluding steroid dienone is 2. The van der Waals surface area contributed by atoms with Gasteiger partial charge < -0.3 is 0 Å². The molecule has 7 fully saturated rings. The standard InChI is InChI=1S/C20H26/c1-2-11-6-10(1)13-8-14-12-3-9-4-15-16(5-9)19(15)17(7-12)20(14)18(11)13/h1-2,9-20H,3-8H2. The molecular formula is C20H26. The molecule has 7 saturated carbocycles. The zero-order valence-corrected chi connectivity index (χ0v) is 12.3. The molecule has 0 amide bonds. The van der Waals surface area contributed by atoms with E-state index in [9.17, 15) is 0 Å². The third-order valence-corrected chi connectivity index (χ3v) is 9.59. The Morgan fingerprint density at radius 1 is 0.500 bits per heavy atom. The van der Waals surface area contributed by atoms with E-state index in [2.05, 4.69) is 12.2 Å². The van der Waals surface area contributed by atoms with Crippen LogP contribution in [-0.2, 0) is 0 Å². The second-order valence-corrected chi connectivity index (χ2v) is 9.80. The molecule has 0 aromatic heterocycles. The van der Waals surface area contributed by atoms with Crippen molar-refractivity contribution in [2.24, 2.45) is 71.0 Å². The first kappa shape index (κ1) is 10.5. The van der Waals surface area contributed by atoms with E-state index in [4.69, 9.17) is 0 Å². The molecule has 0 aromatic carbocycles. The highest BCUT2D eigenvalue weighted by molar-refractivity contribution is 5.22. The van der Waals surface area contributed by atoms with Gasteiger partial charge in [0.05, 0.1) is 0 Å². The summed E-state index contributed by atoms with van der Waals surface area (Å²) in [6, 6.07) is 0. The molecule has 8 bridgehead atoms. The van der Waals surface area contributed by atoms with Gasteiger partial charge in [0.1, 0.15) is 0 Å². The van der Waals surface area contributed by atoms with Gasteiger partial charge in [0.25, 0.3) is 0 Å². The van der Waals surface area contributed by atoms with Crippen LogP contribution < -0.4 is 0 Å². The van der Waals surface area contributed by atoms with Crippen LogP contribution in [-0.4, -0.2) is 0 Å². The van der Waals surface area contributed by atoms with E-state index >= 15 is 0 Å². The van der Waals surface area contributed by atoms with Crippen molar-refractivity contribution in [2.75, 3.05) is 0 Å². The van der Waals surface area contributed by atoms with Crippen molar-refractivity contribution in [1.29, 1.82) is 0 Å². The van der Waals surface area contributed by atoms with E-state index < -0.39 is 0 Å². The van der Waals surface area contributed by atoms with Gasteiger partial charge in [-0.2, -0.15) is 0 Å². The van der Waals surface area contributed by atoms with Crippen LogP contribution in [0.1, 0.15) is 38.5 Å². The van der Waals surface area contributed by atoms with Crippen LogP contribution in [0.5, 0.6) is 0 Å². The van der Waals surface area contributed by atoms with Crippen LogP contribution >= 0.6 is 0 Å². The van der Waals surface area contributed by atoms with Gasteiger partial charge in [0, 0.05) is 0 Å². The summed E-state index contributed by atoms with van der Waals surface area (Å²) in [5.74, 6) is 13.9. The van der Waals surface area contributed by atoms with Crippen LogP contribution in [0.2, 0.25) is 0 Å². The van der Waals surface area contributed by atoms with Crippen LogP contribution in [0, 0.1) is 71.0 Å². The van der Waals surface area contributed by atoms with Gasteiger partial charge in [-0.3, -0.25) is 0 Å². The number of hydrogen-bond donors (Lipinski definition) is 0. The third-order valence-electron chi connectivity index (χ3n) is 9.59. The van der Waals surface area contributed by atoms with Gasteiger partial charge in [-0.15, -0.1) is 0 Å². The Balaban J connectivity index is 1.34. The maximum Gasteiger partial charge on any atom is -0.0194 e. The smallest absolute Gasteiger partial charge is 0.0194 e. The molecule has 10 atom stereocenters. The fourth-order valence-corrected chi connectivity index (χ4v) is 9.36. The second-order valence-electron chi connectivity index (χ2n) is 9.80. The molecule has 0 saturated heterocycles. The summed E-state index contributed by atoms with van der Waals surface area (Å²) >= 11 is 0. The topological polar surface area (TPSA) is 0 Å². The highest BCUT2D eigenvalue weighted by Crippen LogP contribution is 2.75. The molecule has 8 rings (SSSR count). The summed E-state index contributed by atoms with van der Waals surface area (Å²) < 4.78 is 0. The summed E-state index contributed by atoms with van der Waals surface area (Å²) in [6.07, 6.45) is 15.1. The lowest BCUT2D eigenvalue weighted by Crippen LogP contribution is -2.26. The summed E-state index contributed by atoms with van der Waals surface area (Å²) in [7, 11) is 0. The molecule has 20 heavy (non-hydrogen) atoms. The fourth-order valence-electron chi connectivity index (χ4n) is 9.36. The number of rotatable bonds is 0. The summed E-state index contributed by atoms with van der Waals surface area (Å²) in [6.45, 7) is 0. The van der Waals surface area contributed by atoms with E-state index in [1.165, 1.54) is 47.3 Å². The SMILES string of the molecule is C1=CC2CC1C1CC3C4CC5CC6C(C5)C6C(C4)C3C21. The average molecular weight is 266 g/mol. The molecule has 10 unspecified atom stereocenters. The predicted octanol–water partition coefficient (Wildman–Crippen LogP) is 4.37. The molecule has 0 N–H and O–H groups in total. The summed E-state index contributed by atoms with van der Waals surface area (Å²) in [5.41, 5.74) is 0. The Labute approximate surface area is 122 Å². The second kappa shape index (κ2) is 3.08. The highest BCUT2D eigenvalue weighted by atomic mass is 14.7. The van der Waals surface area contributed by atoms with E-state index in [0.29, 0.717) is 0 Å². The fraction of sp³-hybridized carbons (Fsp3) is 0.900. The van der Waals surface area contributed by atoms with Gasteiger partial charge in [-0.25, -0.2) is 0 Å². The molecule has 0 spiro atoms. The van der Waals surface area contributed by atoms with Gasteiger partial charge >= 0.3 is 0 Å². The minimum absolute atomic E-state index is 1.02. The maximum atomic E-state index is 2.64. The van der Waals surface area contributed by atoms with Gasteiger partial charge in [0.15, 0.2) is 0 Å². The lowest BCUT2D eigenvalue weighted by Gasteiger charge is -2.32. The zero-order valence-electron chi connectivity index (χ0n) is 12.3. The van der Waals surface area contributed by atoms with Gasteiger partial charge in [0.2, 0.25) is 0 Å². The Morgan fingerprint density at radius 2 is 1.35 bits per heavy atom. The quantitative estimate of drug-likeness (QED) is 0.571. The molecule has 8 aliphatic carbocycles. The van der Waals surface area contributed by atoms with Crippen molar-refractivity contribution in [3.8, 4) is 0 Å². The lowest BCUT2D eigenvalue weighted by atomic mass is 9.73. The maximum absolute atomic E-state index is 2.64. The minimum Gasteiger partial charge on any atom is -0.0848 e. The molecule has 0 radical (unpaired) electrons. The zero-order chi connectivity index (χ0) is 12.6. The Morgan fingerprint density at radius 3 is 2.25 bits per heavy atom. The molecule has 106 valence electrons. The number of fused-ring (bicyclic) bond motifs is 7. The molecule has 0 heteroatoms. The van der Waals surface area contributed by atoms with E-state index in [-0.39, 0.29) is 0 Å². The predicted molar refractivity (Wildman–Crippen MR) is 78.7 cm³/mol. The van der Waals surface area contributed by atoms with Crippen molar-refractivity contribution in [1.82, 2.24) is 0 Å². The average Bonchev–Trinajstić information content (AvgIpc) is 3.01. The lowest BCUT2D eigenvalue weighted by molar-refractivity contribution is 0.181. The number of hydrogen-bond acceptors (Lipinski definition) is 0. The molecule has 0 aromatic rings. The Kier molecular flexibility index (Phi) is 1.61. The molecule has 0 aliphatic heterocycles. The highest BCUT2D eigenvalue weighted by Gasteiger charge is 2.69. The molecule has 0 nitrogen and oxygen atoms in total. The van der Waals surface area contributed by atoms with Crippen molar-refractivity contribution in [3.63, 3.8) is 0 Å². The first-order valence-corrected chi connectivity index (χ1v) is 9.57. The largest absolute Gasteiger partial charge is 0.0848 e. The van der Waals surface area contributed by atoms with Crippen LogP contribution in [0.15, 0.2) is 12.2 Å². The van der Waals surface area contributed by atoms with E-state index in [0.717, 1.165) is 23.7 Å². The van der Waals surface area contributed by atoms with Crippen LogP contribution in [0.25, 0.3) is 0 Å². The molecule has 0 heterocycles. The van der Waals surface area contributed by atoms with E-state index in [1.807, 2.05) is 0 Å². The molecule has 8 aliphatic rings. The first-order valence-electron chi connectivity index (χ1n) is 9.57. The summed E-state index contributed by atoms with van der Waals surface area (Å²) in [5, 5.41) is 0. The third kappa shape index (κ3) is 0.993. The Bertz CT molecular complexity index is 506. The molecular weight excluding hydrogens is 240 g/mol. The Hall–Kier alpha value is -0.260. The van der Waals surface area contributed by atoms with Gasteiger partial charge in [-0.05, 0) is 110 Å². The van der Waals surface area contributed by atoms with Crippen LogP contribution in [0.4, 0.5) is 0 Å². The van der Waals surface area contributed by atoms with E-state index in [1.54, 1.807) is 38.5 Å². The van der Waals surface area contributed by atoms with Crippen molar-refractivity contribution < 1.29 is 0 Å². The van der Waals surface area contributed by atoms with Gasteiger partial charge in [-0.1, -0.05) is 12.2 Å². The van der Waals surface area contributed by atoms with Crippen molar-refractivity contribution in [3.05, 3.63) is 12.2 Å². The van der Waals surface area contributed by atoms with Crippen molar-refractivity contribution in [2.45, 2.75) is 38.5 Å². The summed E-state index contributed by atoms with van der Waals surface area (Å²) in [4.78, 5) is 0. The monoisotopic (exact) mass is 266 g/mol. The normalized spacial score (nSPS) is 73.6. The minimum atomic E-state index is 1.02.